The van der Waals surface area contributed by atoms with E-state index in [4.69, 9.17) is 10.5 Å². The van der Waals surface area contributed by atoms with Crippen molar-refractivity contribution in [2.45, 2.75) is 32.7 Å². The first kappa shape index (κ1) is 13.9. The molecule has 2 rings (SSSR count). The first-order chi connectivity index (χ1) is 9.19. The van der Waals surface area contributed by atoms with Crippen molar-refractivity contribution in [3.05, 3.63) is 29.8 Å². The highest BCUT2D eigenvalue weighted by molar-refractivity contribution is 5.77. The van der Waals surface area contributed by atoms with E-state index in [1.807, 2.05) is 24.3 Å². The number of carbonyl (C=O) groups excluding carboxylic acids is 1. The predicted octanol–water partition coefficient (Wildman–Crippen LogP) is 1.83. The maximum atomic E-state index is 11.7. The van der Waals surface area contributed by atoms with Crippen molar-refractivity contribution in [1.82, 2.24) is 5.32 Å². The summed E-state index contributed by atoms with van der Waals surface area (Å²) in [5, 5.41) is 2.95. The second-order valence-electron chi connectivity index (χ2n) is 5.23. The summed E-state index contributed by atoms with van der Waals surface area (Å²) in [5.41, 5.74) is 6.90. The summed E-state index contributed by atoms with van der Waals surface area (Å²) in [6, 6.07) is 7.53. The largest absolute Gasteiger partial charge is 0.483 e. The van der Waals surface area contributed by atoms with E-state index < -0.39 is 0 Å². The van der Waals surface area contributed by atoms with Crippen molar-refractivity contribution >= 4 is 5.91 Å². The van der Waals surface area contributed by atoms with Crippen molar-refractivity contribution in [2.75, 3.05) is 13.2 Å². The minimum Gasteiger partial charge on any atom is -0.483 e. The van der Waals surface area contributed by atoms with Gasteiger partial charge < -0.3 is 15.8 Å². The normalized spacial score (nSPS) is 15.9. The maximum Gasteiger partial charge on any atom is 0.257 e. The highest BCUT2D eigenvalue weighted by Gasteiger charge is 2.40. The molecule has 1 saturated carbocycles. The minimum absolute atomic E-state index is 0.0524. The van der Waals surface area contributed by atoms with E-state index >= 15 is 0 Å². The van der Waals surface area contributed by atoms with Crippen LogP contribution in [0.5, 0.6) is 5.75 Å². The molecule has 19 heavy (non-hydrogen) atoms. The van der Waals surface area contributed by atoms with Gasteiger partial charge in [-0.25, -0.2) is 0 Å². The minimum atomic E-state index is -0.0634. The van der Waals surface area contributed by atoms with Crippen molar-refractivity contribution in [3.63, 3.8) is 0 Å². The molecule has 104 valence electrons. The van der Waals surface area contributed by atoms with Crippen LogP contribution in [0, 0.1) is 5.41 Å². The highest BCUT2D eigenvalue weighted by atomic mass is 16.5. The quantitative estimate of drug-likeness (QED) is 0.788. The fraction of sp³-hybridized carbons (Fsp3) is 0.533. The van der Waals surface area contributed by atoms with Crippen LogP contribution in [0.15, 0.2) is 24.3 Å². The Labute approximate surface area is 114 Å². The Bertz CT molecular complexity index is 442. The van der Waals surface area contributed by atoms with Crippen LogP contribution in [0.25, 0.3) is 0 Å². The van der Waals surface area contributed by atoms with Gasteiger partial charge in [-0.2, -0.15) is 0 Å². The number of benzene rings is 1. The molecule has 1 fully saturated rings. The van der Waals surface area contributed by atoms with E-state index in [-0.39, 0.29) is 12.5 Å². The lowest BCUT2D eigenvalue weighted by Gasteiger charge is -2.14. The first-order valence-electron chi connectivity index (χ1n) is 6.86. The number of amides is 1. The lowest BCUT2D eigenvalue weighted by molar-refractivity contribution is -0.123. The van der Waals surface area contributed by atoms with Crippen molar-refractivity contribution in [1.29, 1.82) is 0 Å². The average molecular weight is 262 g/mol. The van der Waals surface area contributed by atoms with Crippen LogP contribution in [-0.4, -0.2) is 19.1 Å². The second-order valence-corrected chi connectivity index (χ2v) is 5.23. The molecule has 1 aromatic rings. The van der Waals surface area contributed by atoms with Crippen LogP contribution in [0.2, 0.25) is 0 Å². The molecule has 0 heterocycles. The fourth-order valence-corrected chi connectivity index (χ4v) is 2.13. The number of hydrogen-bond donors (Lipinski definition) is 2. The number of nitrogens with one attached hydrogen (secondary N) is 1. The van der Waals surface area contributed by atoms with Crippen LogP contribution in [0.3, 0.4) is 0 Å². The molecule has 0 atom stereocenters. The monoisotopic (exact) mass is 262 g/mol. The molecule has 4 nitrogen and oxygen atoms in total. The summed E-state index contributed by atoms with van der Waals surface area (Å²) in [4.78, 5) is 11.7. The predicted molar refractivity (Wildman–Crippen MR) is 74.8 cm³/mol. The number of carbonyl (C=O) groups is 1. The Morgan fingerprint density at radius 1 is 1.42 bits per heavy atom. The number of ether oxygens (including phenoxy) is 1. The molecule has 0 spiro atoms. The number of nitrogens with two attached hydrogens (primary N) is 1. The Kier molecular flexibility index (Phi) is 4.43. The van der Waals surface area contributed by atoms with Gasteiger partial charge in [-0.15, -0.1) is 0 Å². The van der Waals surface area contributed by atoms with Gasteiger partial charge in [-0.3, -0.25) is 4.79 Å². The lowest BCUT2D eigenvalue weighted by atomic mass is 10.0. The zero-order valence-corrected chi connectivity index (χ0v) is 11.4. The van der Waals surface area contributed by atoms with E-state index in [0.717, 1.165) is 18.5 Å². The summed E-state index contributed by atoms with van der Waals surface area (Å²) in [5.74, 6) is 0.628. The van der Waals surface area contributed by atoms with E-state index in [1.54, 1.807) is 0 Å². The van der Waals surface area contributed by atoms with Crippen LogP contribution in [0.1, 0.15) is 31.7 Å². The molecule has 0 bridgehead atoms. The summed E-state index contributed by atoms with van der Waals surface area (Å²) in [7, 11) is 0. The molecule has 0 radical (unpaired) electrons. The molecule has 1 aromatic carbocycles. The number of hydrogen-bond acceptors (Lipinski definition) is 3. The maximum absolute atomic E-state index is 11.7. The Morgan fingerprint density at radius 3 is 2.79 bits per heavy atom. The third-order valence-electron chi connectivity index (χ3n) is 3.92. The molecular formula is C15H22N2O2. The van der Waals surface area contributed by atoms with Gasteiger partial charge in [0.1, 0.15) is 5.75 Å². The fourth-order valence-electron chi connectivity index (χ4n) is 2.13. The van der Waals surface area contributed by atoms with Gasteiger partial charge >= 0.3 is 0 Å². The SMILES string of the molecule is CCC1(CNC(=O)COc2ccccc2CN)CC1. The summed E-state index contributed by atoms with van der Waals surface area (Å²) in [6.07, 6.45) is 3.57. The topological polar surface area (TPSA) is 64.3 Å². The van der Waals surface area contributed by atoms with Gasteiger partial charge in [0.2, 0.25) is 0 Å². The van der Waals surface area contributed by atoms with Crippen LogP contribution < -0.4 is 15.8 Å². The molecular weight excluding hydrogens is 240 g/mol. The third-order valence-corrected chi connectivity index (χ3v) is 3.92. The van der Waals surface area contributed by atoms with Crippen LogP contribution in [0.4, 0.5) is 0 Å². The zero-order valence-electron chi connectivity index (χ0n) is 11.4. The van der Waals surface area contributed by atoms with Gasteiger partial charge in [0, 0.05) is 18.7 Å². The standard InChI is InChI=1S/C15H22N2O2/c1-2-15(7-8-15)11-17-14(18)10-19-13-6-4-3-5-12(13)9-16/h3-6H,2,7-11,16H2,1H3,(H,17,18). The van der Waals surface area contributed by atoms with Crippen LogP contribution >= 0.6 is 0 Å². The number of rotatable bonds is 7. The Morgan fingerprint density at radius 2 is 2.16 bits per heavy atom. The first-order valence-corrected chi connectivity index (χ1v) is 6.86. The second kappa shape index (κ2) is 6.06. The molecule has 1 aliphatic rings. The molecule has 0 unspecified atom stereocenters. The zero-order chi connectivity index (χ0) is 13.7. The molecule has 0 saturated heterocycles. The van der Waals surface area contributed by atoms with Crippen molar-refractivity contribution in [3.8, 4) is 5.75 Å². The molecule has 4 heteroatoms. The Hall–Kier alpha value is -1.55. The van der Waals surface area contributed by atoms with Crippen LogP contribution in [-0.2, 0) is 11.3 Å². The highest BCUT2D eigenvalue weighted by Crippen LogP contribution is 2.47. The molecule has 1 aliphatic carbocycles. The molecule has 1 amide bonds. The summed E-state index contributed by atoms with van der Waals surface area (Å²) < 4.78 is 5.52. The van der Waals surface area contributed by atoms with Crippen molar-refractivity contribution < 1.29 is 9.53 Å². The van der Waals surface area contributed by atoms with Gasteiger partial charge in [0.05, 0.1) is 0 Å². The third kappa shape index (κ3) is 3.70. The van der Waals surface area contributed by atoms with Gasteiger partial charge in [0.25, 0.3) is 5.91 Å². The lowest BCUT2D eigenvalue weighted by Crippen LogP contribution is -2.33. The smallest absolute Gasteiger partial charge is 0.257 e. The average Bonchev–Trinajstić information content (AvgIpc) is 3.24. The molecule has 3 N–H and O–H groups in total. The van der Waals surface area contributed by atoms with Gasteiger partial charge in [-0.1, -0.05) is 25.1 Å². The summed E-state index contributed by atoms with van der Waals surface area (Å²) in [6.45, 7) is 3.41. The van der Waals surface area contributed by atoms with E-state index in [9.17, 15) is 4.79 Å². The van der Waals surface area contributed by atoms with E-state index in [2.05, 4.69) is 12.2 Å². The van der Waals surface area contributed by atoms with Crippen molar-refractivity contribution in [2.24, 2.45) is 11.1 Å². The molecule has 0 aliphatic heterocycles. The van der Waals surface area contributed by atoms with Gasteiger partial charge in [0.15, 0.2) is 6.61 Å². The van der Waals surface area contributed by atoms with E-state index in [1.165, 1.54) is 12.8 Å². The van der Waals surface area contributed by atoms with Gasteiger partial charge in [-0.05, 0) is 30.7 Å². The number of para-hydroxylation sites is 1. The summed E-state index contributed by atoms with van der Waals surface area (Å²) >= 11 is 0. The Balaban J connectivity index is 1.77. The van der Waals surface area contributed by atoms with E-state index in [0.29, 0.717) is 17.7 Å². The molecule has 0 aromatic heterocycles.